The molecule has 2 amide bonds. The van der Waals surface area contributed by atoms with Crippen molar-refractivity contribution in [2.75, 3.05) is 17.2 Å². The maximum atomic E-state index is 13.7. The summed E-state index contributed by atoms with van der Waals surface area (Å²) in [4.78, 5) is 24.3. The summed E-state index contributed by atoms with van der Waals surface area (Å²) in [5.74, 6) is -0.658. The van der Waals surface area contributed by atoms with Crippen LogP contribution in [0, 0.1) is 20.8 Å². The molecule has 3 aromatic rings. The van der Waals surface area contributed by atoms with E-state index < -0.39 is 15.9 Å². The smallest absolute Gasteiger partial charge is 0.244 e. The number of hydrogen-bond acceptors (Lipinski definition) is 4. The van der Waals surface area contributed by atoms with Gasteiger partial charge in [-0.25, -0.2) is 8.42 Å². The van der Waals surface area contributed by atoms with Crippen molar-refractivity contribution < 1.29 is 18.0 Å². The molecule has 0 radical (unpaired) electrons. The molecule has 0 aromatic heterocycles. The molecule has 7 nitrogen and oxygen atoms in total. The van der Waals surface area contributed by atoms with Crippen molar-refractivity contribution in [1.82, 2.24) is 4.31 Å². The van der Waals surface area contributed by atoms with Crippen molar-refractivity contribution >= 4 is 33.2 Å². The van der Waals surface area contributed by atoms with Gasteiger partial charge in [0, 0.05) is 24.8 Å². The number of carbonyl (C=O) groups is 2. The topological polar surface area (TPSA) is 95.6 Å². The van der Waals surface area contributed by atoms with Gasteiger partial charge in [0.05, 0.1) is 11.4 Å². The maximum Gasteiger partial charge on any atom is 0.244 e. The second-order valence-corrected chi connectivity index (χ2v) is 10.2. The molecular formula is C26H29N3O4S. The first kappa shape index (κ1) is 25.1. The fourth-order valence-electron chi connectivity index (χ4n) is 3.92. The molecule has 3 rings (SSSR count). The van der Waals surface area contributed by atoms with Gasteiger partial charge in [-0.05, 0) is 61.7 Å². The van der Waals surface area contributed by atoms with Crippen molar-refractivity contribution in [3.8, 4) is 0 Å². The third-order valence-electron chi connectivity index (χ3n) is 5.21. The van der Waals surface area contributed by atoms with Gasteiger partial charge in [-0.3, -0.25) is 9.59 Å². The number of nitrogens with zero attached hydrogens (tertiary/aromatic N) is 1. The van der Waals surface area contributed by atoms with E-state index in [1.165, 1.54) is 11.2 Å². The Morgan fingerprint density at radius 1 is 0.824 bits per heavy atom. The van der Waals surface area contributed by atoms with Gasteiger partial charge in [-0.2, -0.15) is 4.31 Å². The van der Waals surface area contributed by atoms with Gasteiger partial charge in [-0.15, -0.1) is 0 Å². The van der Waals surface area contributed by atoms with Crippen LogP contribution in [0.15, 0.2) is 71.6 Å². The molecule has 0 saturated heterocycles. The Bertz CT molecular complexity index is 1260. The molecule has 0 bridgehead atoms. The lowest BCUT2D eigenvalue weighted by Gasteiger charge is -2.24. The van der Waals surface area contributed by atoms with Gasteiger partial charge < -0.3 is 10.6 Å². The van der Waals surface area contributed by atoms with Gasteiger partial charge >= 0.3 is 0 Å². The Kier molecular flexibility index (Phi) is 7.86. The molecule has 2 N–H and O–H groups in total. The van der Waals surface area contributed by atoms with Crippen LogP contribution in [0.4, 0.5) is 11.4 Å². The molecule has 0 atom stereocenters. The highest BCUT2D eigenvalue weighted by molar-refractivity contribution is 7.89. The van der Waals surface area contributed by atoms with E-state index in [2.05, 4.69) is 10.6 Å². The number of nitrogens with one attached hydrogen (secondary N) is 2. The standard InChI is InChI=1S/C26H29N3O4S/c1-18-14-19(2)26(20(3)15-18)34(32,33)29(16-22-8-6-5-7-9-22)17-25(31)28-24-12-10-23(11-13-24)27-21(4)30/h5-15H,16-17H2,1-4H3,(H,27,30)(H,28,31). The third kappa shape index (κ3) is 6.30. The number of aryl methyl sites for hydroxylation is 3. The highest BCUT2D eigenvalue weighted by Crippen LogP contribution is 2.26. The van der Waals surface area contributed by atoms with Crippen LogP contribution in [0.2, 0.25) is 0 Å². The predicted octanol–water partition coefficient (Wildman–Crippen LogP) is 4.40. The SMILES string of the molecule is CC(=O)Nc1ccc(NC(=O)CN(Cc2ccccc2)S(=O)(=O)c2c(C)cc(C)cc2C)cc1. The van der Waals surface area contributed by atoms with Crippen molar-refractivity contribution in [2.45, 2.75) is 39.1 Å². The van der Waals surface area contributed by atoms with E-state index in [1.54, 1.807) is 38.1 Å². The van der Waals surface area contributed by atoms with Gasteiger partial charge in [0.15, 0.2) is 0 Å². The van der Waals surface area contributed by atoms with Crippen LogP contribution < -0.4 is 10.6 Å². The molecule has 3 aromatic carbocycles. The molecule has 34 heavy (non-hydrogen) atoms. The quantitative estimate of drug-likeness (QED) is 0.501. The maximum absolute atomic E-state index is 13.7. The van der Waals surface area contributed by atoms with Crippen molar-refractivity contribution in [3.05, 3.63) is 89.0 Å². The molecule has 0 heterocycles. The molecule has 178 valence electrons. The van der Waals surface area contributed by atoms with Gasteiger partial charge in [0.25, 0.3) is 0 Å². The predicted molar refractivity (Wildman–Crippen MR) is 134 cm³/mol. The first-order valence-corrected chi connectivity index (χ1v) is 12.3. The van der Waals surface area contributed by atoms with Crippen molar-refractivity contribution in [2.24, 2.45) is 0 Å². The van der Waals surface area contributed by atoms with Crippen LogP contribution in [0.1, 0.15) is 29.2 Å². The molecule has 0 fully saturated rings. The monoisotopic (exact) mass is 479 g/mol. The first-order valence-electron chi connectivity index (χ1n) is 10.9. The van der Waals surface area contributed by atoms with Gasteiger partial charge in [-0.1, -0.05) is 48.0 Å². The number of amides is 2. The van der Waals surface area contributed by atoms with E-state index >= 15 is 0 Å². The van der Waals surface area contributed by atoms with Crippen molar-refractivity contribution in [1.29, 1.82) is 0 Å². The Labute approximate surface area is 200 Å². The van der Waals surface area contributed by atoms with E-state index in [0.717, 1.165) is 11.1 Å². The first-order chi connectivity index (χ1) is 16.1. The molecule has 0 unspecified atom stereocenters. The fourth-order valence-corrected chi connectivity index (χ4v) is 5.71. The van der Waals surface area contributed by atoms with Crippen LogP contribution in [0.3, 0.4) is 0 Å². The number of anilines is 2. The highest BCUT2D eigenvalue weighted by Gasteiger charge is 2.30. The zero-order chi connectivity index (χ0) is 24.9. The molecule has 0 spiro atoms. The average Bonchev–Trinajstić information content (AvgIpc) is 2.74. The van der Waals surface area contributed by atoms with Crippen LogP contribution in [0.5, 0.6) is 0 Å². The summed E-state index contributed by atoms with van der Waals surface area (Å²) in [6.45, 7) is 6.58. The summed E-state index contributed by atoms with van der Waals surface area (Å²) in [5, 5.41) is 5.40. The number of hydrogen-bond donors (Lipinski definition) is 2. The number of benzene rings is 3. The highest BCUT2D eigenvalue weighted by atomic mass is 32.2. The Hall–Kier alpha value is -3.49. The molecule has 0 saturated carbocycles. The van der Waals surface area contributed by atoms with Crippen molar-refractivity contribution in [3.63, 3.8) is 0 Å². The summed E-state index contributed by atoms with van der Waals surface area (Å²) < 4.78 is 28.7. The summed E-state index contributed by atoms with van der Waals surface area (Å²) in [6.07, 6.45) is 0. The lowest BCUT2D eigenvalue weighted by atomic mass is 10.1. The third-order valence-corrected chi connectivity index (χ3v) is 7.31. The molecule has 0 aliphatic heterocycles. The Morgan fingerprint density at radius 3 is 1.88 bits per heavy atom. The normalized spacial score (nSPS) is 11.3. The van der Waals surface area contributed by atoms with Crippen LogP contribution >= 0.6 is 0 Å². The lowest BCUT2D eigenvalue weighted by molar-refractivity contribution is -0.116. The molecule has 0 aliphatic rings. The van der Waals surface area contributed by atoms with E-state index in [1.807, 2.05) is 49.4 Å². The minimum Gasteiger partial charge on any atom is -0.326 e. The van der Waals surface area contributed by atoms with E-state index in [-0.39, 0.29) is 23.9 Å². The largest absolute Gasteiger partial charge is 0.326 e. The number of carbonyl (C=O) groups excluding carboxylic acids is 2. The summed E-state index contributed by atoms with van der Waals surface area (Å²) in [7, 11) is -3.96. The second kappa shape index (κ2) is 10.6. The molecule has 8 heteroatoms. The van der Waals surface area contributed by atoms with Gasteiger partial charge in [0.1, 0.15) is 0 Å². The van der Waals surface area contributed by atoms with Crippen LogP contribution in [-0.2, 0) is 26.2 Å². The van der Waals surface area contributed by atoms with E-state index in [9.17, 15) is 18.0 Å². The zero-order valence-electron chi connectivity index (χ0n) is 19.8. The number of rotatable bonds is 8. The van der Waals surface area contributed by atoms with Crippen LogP contribution in [-0.4, -0.2) is 31.1 Å². The zero-order valence-corrected chi connectivity index (χ0v) is 20.6. The van der Waals surface area contributed by atoms with Gasteiger partial charge in [0.2, 0.25) is 21.8 Å². The fraction of sp³-hybridized carbons (Fsp3) is 0.231. The molecule has 0 aliphatic carbocycles. The Balaban J connectivity index is 1.87. The molecular weight excluding hydrogens is 450 g/mol. The lowest BCUT2D eigenvalue weighted by Crippen LogP contribution is -2.38. The van der Waals surface area contributed by atoms with E-state index in [4.69, 9.17) is 0 Å². The summed E-state index contributed by atoms with van der Waals surface area (Å²) in [6, 6.07) is 19.5. The Morgan fingerprint density at radius 2 is 1.35 bits per heavy atom. The average molecular weight is 480 g/mol. The minimum atomic E-state index is -3.96. The summed E-state index contributed by atoms with van der Waals surface area (Å²) >= 11 is 0. The second-order valence-electron chi connectivity index (χ2n) is 8.29. The minimum absolute atomic E-state index is 0.0603. The number of sulfonamides is 1. The van der Waals surface area contributed by atoms with E-state index in [0.29, 0.717) is 22.5 Å². The summed E-state index contributed by atoms with van der Waals surface area (Å²) in [5.41, 5.74) is 4.14. The van der Waals surface area contributed by atoms with Crippen LogP contribution in [0.25, 0.3) is 0 Å².